The van der Waals surface area contributed by atoms with E-state index in [1.54, 1.807) is 0 Å². The van der Waals surface area contributed by atoms with Gasteiger partial charge < -0.3 is 20.1 Å². The molecule has 1 saturated carbocycles. The highest BCUT2D eigenvalue weighted by molar-refractivity contribution is 5.79. The third kappa shape index (κ3) is 6.79. The summed E-state index contributed by atoms with van der Waals surface area (Å²) in [5.74, 6) is 2.53. The number of nitrogens with zero attached hydrogens (tertiary/aromatic N) is 1. The molecule has 0 aromatic heterocycles. The molecule has 1 aliphatic carbocycles. The van der Waals surface area contributed by atoms with E-state index in [-0.39, 0.29) is 0 Å². The van der Waals surface area contributed by atoms with Gasteiger partial charge >= 0.3 is 0 Å². The summed E-state index contributed by atoms with van der Waals surface area (Å²) in [7, 11) is 0. The molecule has 0 unspecified atom stereocenters. The van der Waals surface area contributed by atoms with Crippen molar-refractivity contribution in [1.82, 2.24) is 10.6 Å². The van der Waals surface area contributed by atoms with Crippen LogP contribution in [0.1, 0.15) is 37.8 Å². The van der Waals surface area contributed by atoms with E-state index in [0.717, 1.165) is 49.5 Å². The molecule has 2 N–H and O–H groups in total. The van der Waals surface area contributed by atoms with Gasteiger partial charge in [0.05, 0.1) is 19.8 Å². The summed E-state index contributed by atoms with van der Waals surface area (Å²) in [6.07, 6.45) is 2.60. The van der Waals surface area contributed by atoms with Gasteiger partial charge in [0.1, 0.15) is 5.75 Å². The van der Waals surface area contributed by atoms with Gasteiger partial charge in [0.2, 0.25) is 0 Å². The maximum atomic E-state index is 6.02. The molecular formula is C19H31N3O2. The molecule has 0 aliphatic heterocycles. The monoisotopic (exact) mass is 333 g/mol. The minimum atomic E-state index is 0.601. The Labute approximate surface area is 145 Å². The van der Waals surface area contributed by atoms with E-state index in [9.17, 15) is 0 Å². The van der Waals surface area contributed by atoms with Crippen LogP contribution in [0.25, 0.3) is 0 Å². The highest BCUT2D eigenvalue weighted by atomic mass is 16.5. The van der Waals surface area contributed by atoms with Crippen LogP contribution in [0.5, 0.6) is 5.75 Å². The van der Waals surface area contributed by atoms with Gasteiger partial charge in [0.15, 0.2) is 5.96 Å². The number of aryl methyl sites for hydroxylation is 1. The lowest BCUT2D eigenvalue weighted by atomic mass is 10.1. The standard InChI is InChI=1S/C19H31N3O2/c1-4-20-19(21-10-11-23-5-2)22-13-17-9-6-15(3)12-18(17)24-14-16-7-8-16/h6,9,12,16H,4-5,7-8,10-11,13-14H2,1-3H3,(H2,20,21,22). The normalized spacial score (nSPS) is 14.5. The zero-order valence-electron chi connectivity index (χ0n) is 15.2. The molecule has 1 fully saturated rings. The molecule has 0 spiro atoms. The fraction of sp³-hybridized carbons (Fsp3) is 0.632. The fourth-order valence-corrected chi connectivity index (χ4v) is 2.31. The number of rotatable bonds is 10. The van der Waals surface area contributed by atoms with Gasteiger partial charge in [-0.1, -0.05) is 12.1 Å². The number of hydrogen-bond acceptors (Lipinski definition) is 3. The molecule has 5 nitrogen and oxygen atoms in total. The third-order valence-corrected chi connectivity index (χ3v) is 3.89. The number of benzene rings is 1. The van der Waals surface area contributed by atoms with Crippen LogP contribution in [0.4, 0.5) is 0 Å². The van der Waals surface area contributed by atoms with Crippen LogP contribution in [0.3, 0.4) is 0 Å². The van der Waals surface area contributed by atoms with Crippen molar-refractivity contribution in [2.24, 2.45) is 10.9 Å². The summed E-state index contributed by atoms with van der Waals surface area (Å²) in [6.45, 7) is 10.6. The first kappa shape index (κ1) is 18.6. The largest absolute Gasteiger partial charge is 0.493 e. The summed E-state index contributed by atoms with van der Waals surface area (Å²) in [5, 5.41) is 6.55. The molecule has 134 valence electrons. The second-order valence-electron chi connectivity index (χ2n) is 6.18. The number of hydrogen-bond donors (Lipinski definition) is 2. The first-order valence-electron chi connectivity index (χ1n) is 9.05. The van der Waals surface area contributed by atoms with E-state index in [4.69, 9.17) is 9.47 Å². The molecule has 5 heteroatoms. The lowest BCUT2D eigenvalue weighted by Gasteiger charge is -2.13. The predicted octanol–water partition coefficient (Wildman–Crippen LogP) is 2.88. The van der Waals surface area contributed by atoms with Gasteiger partial charge in [-0.15, -0.1) is 0 Å². The van der Waals surface area contributed by atoms with Crippen molar-refractivity contribution < 1.29 is 9.47 Å². The Kier molecular flexibility index (Phi) is 7.89. The van der Waals surface area contributed by atoms with Crippen molar-refractivity contribution in [3.05, 3.63) is 29.3 Å². The number of aliphatic imine (C=N–C) groups is 1. The quantitative estimate of drug-likeness (QED) is 0.393. The van der Waals surface area contributed by atoms with Crippen molar-refractivity contribution in [2.75, 3.05) is 32.9 Å². The topological polar surface area (TPSA) is 54.9 Å². The summed E-state index contributed by atoms with van der Waals surface area (Å²) >= 11 is 0. The van der Waals surface area contributed by atoms with Crippen molar-refractivity contribution in [3.63, 3.8) is 0 Å². The molecule has 0 bridgehead atoms. The molecule has 1 aromatic rings. The van der Waals surface area contributed by atoms with Crippen LogP contribution >= 0.6 is 0 Å². The predicted molar refractivity (Wildman–Crippen MR) is 98.7 cm³/mol. The molecule has 2 rings (SSSR count). The zero-order valence-corrected chi connectivity index (χ0v) is 15.2. The Morgan fingerprint density at radius 1 is 1.25 bits per heavy atom. The van der Waals surface area contributed by atoms with E-state index in [1.807, 2.05) is 6.92 Å². The number of ether oxygens (including phenoxy) is 2. The van der Waals surface area contributed by atoms with E-state index >= 15 is 0 Å². The summed E-state index contributed by atoms with van der Waals surface area (Å²) in [4.78, 5) is 4.67. The van der Waals surface area contributed by atoms with Crippen LogP contribution in [-0.4, -0.2) is 38.9 Å². The first-order chi connectivity index (χ1) is 11.7. The Morgan fingerprint density at radius 2 is 2.08 bits per heavy atom. The number of nitrogens with one attached hydrogen (secondary N) is 2. The minimum Gasteiger partial charge on any atom is -0.493 e. The van der Waals surface area contributed by atoms with Gasteiger partial charge in [0, 0.05) is 25.3 Å². The van der Waals surface area contributed by atoms with Crippen LogP contribution in [-0.2, 0) is 11.3 Å². The average molecular weight is 333 g/mol. The molecule has 1 aliphatic rings. The SMILES string of the molecule is CCNC(=NCc1ccc(C)cc1OCC1CC1)NCCOCC. The van der Waals surface area contributed by atoms with Gasteiger partial charge in [-0.05, 0) is 51.2 Å². The molecule has 1 aromatic carbocycles. The van der Waals surface area contributed by atoms with Crippen LogP contribution in [0, 0.1) is 12.8 Å². The second kappa shape index (κ2) is 10.2. The molecule has 0 heterocycles. The van der Waals surface area contributed by atoms with Gasteiger partial charge in [-0.3, -0.25) is 0 Å². The Balaban J connectivity index is 1.94. The lowest BCUT2D eigenvalue weighted by Crippen LogP contribution is -2.39. The average Bonchev–Trinajstić information content (AvgIpc) is 3.40. The highest BCUT2D eigenvalue weighted by Crippen LogP contribution is 2.30. The third-order valence-electron chi connectivity index (χ3n) is 3.89. The highest BCUT2D eigenvalue weighted by Gasteiger charge is 2.22. The smallest absolute Gasteiger partial charge is 0.191 e. The van der Waals surface area contributed by atoms with Gasteiger partial charge in [-0.2, -0.15) is 0 Å². The van der Waals surface area contributed by atoms with Crippen molar-refractivity contribution >= 4 is 5.96 Å². The summed E-state index contributed by atoms with van der Waals surface area (Å²) < 4.78 is 11.4. The lowest BCUT2D eigenvalue weighted by molar-refractivity contribution is 0.152. The van der Waals surface area contributed by atoms with E-state index < -0.39 is 0 Å². The molecule has 24 heavy (non-hydrogen) atoms. The summed E-state index contributed by atoms with van der Waals surface area (Å²) in [6, 6.07) is 6.35. The second-order valence-corrected chi connectivity index (χ2v) is 6.18. The van der Waals surface area contributed by atoms with E-state index in [2.05, 4.69) is 47.7 Å². The summed E-state index contributed by atoms with van der Waals surface area (Å²) in [5.41, 5.74) is 2.35. The Morgan fingerprint density at radius 3 is 2.79 bits per heavy atom. The minimum absolute atomic E-state index is 0.601. The maximum absolute atomic E-state index is 6.02. The van der Waals surface area contributed by atoms with Gasteiger partial charge in [0.25, 0.3) is 0 Å². The fourth-order valence-electron chi connectivity index (χ4n) is 2.31. The van der Waals surface area contributed by atoms with Crippen molar-refractivity contribution in [1.29, 1.82) is 0 Å². The van der Waals surface area contributed by atoms with Crippen LogP contribution < -0.4 is 15.4 Å². The van der Waals surface area contributed by atoms with E-state index in [1.165, 1.54) is 18.4 Å². The van der Waals surface area contributed by atoms with Crippen LogP contribution in [0.2, 0.25) is 0 Å². The molecule has 0 amide bonds. The zero-order chi connectivity index (χ0) is 17.2. The Hall–Kier alpha value is -1.75. The molecule has 0 radical (unpaired) electrons. The molecular weight excluding hydrogens is 302 g/mol. The maximum Gasteiger partial charge on any atom is 0.191 e. The van der Waals surface area contributed by atoms with E-state index in [0.29, 0.717) is 13.2 Å². The number of guanidine groups is 1. The Bertz CT molecular complexity index is 527. The van der Waals surface area contributed by atoms with Crippen molar-refractivity contribution in [2.45, 2.75) is 40.2 Å². The molecule has 0 saturated heterocycles. The first-order valence-corrected chi connectivity index (χ1v) is 9.05. The van der Waals surface area contributed by atoms with Crippen molar-refractivity contribution in [3.8, 4) is 5.75 Å². The van der Waals surface area contributed by atoms with Gasteiger partial charge in [-0.25, -0.2) is 4.99 Å². The molecule has 0 atom stereocenters. The van der Waals surface area contributed by atoms with Crippen LogP contribution in [0.15, 0.2) is 23.2 Å².